The van der Waals surface area contributed by atoms with Crippen molar-refractivity contribution < 1.29 is 5.11 Å². The number of aryl methyl sites for hydroxylation is 2. The standard InChI is InChI=1S/C17H27ClN2O/c1-11-17(18)15(20(2)19-11)10-16(21)14-8-7-12-5-3-4-6-13(12)9-14/h12-14,16,21H,3-10H2,1-2H3. The van der Waals surface area contributed by atoms with Crippen LogP contribution < -0.4 is 0 Å². The first kappa shape index (κ1) is 15.4. The van der Waals surface area contributed by atoms with Gasteiger partial charge in [-0.25, -0.2) is 0 Å². The molecule has 118 valence electrons. The summed E-state index contributed by atoms with van der Waals surface area (Å²) in [4.78, 5) is 0. The Balaban J connectivity index is 1.64. The first-order valence-corrected chi connectivity index (χ1v) is 8.80. The van der Waals surface area contributed by atoms with E-state index in [-0.39, 0.29) is 6.10 Å². The molecule has 4 atom stereocenters. The fourth-order valence-corrected chi connectivity index (χ4v) is 4.76. The van der Waals surface area contributed by atoms with Crippen LogP contribution in [-0.2, 0) is 13.5 Å². The zero-order valence-corrected chi connectivity index (χ0v) is 13.9. The van der Waals surface area contributed by atoms with Crippen LogP contribution in [-0.4, -0.2) is 21.0 Å². The molecule has 3 nitrogen and oxygen atoms in total. The summed E-state index contributed by atoms with van der Waals surface area (Å²) in [5, 5.41) is 15.7. The van der Waals surface area contributed by atoms with Crippen LogP contribution in [0.2, 0.25) is 5.02 Å². The van der Waals surface area contributed by atoms with E-state index in [0.717, 1.165) is 28.2 Å². The molecule has 2 aliphatic rings. The van der Waals surface area contributed by atoms with E-state index in [1.165, 1.54) is 44.9 Å². The first-order chi connectivity index (χ1) is 10.1. The molecule has 0 saturated heterocycles. The summed E-state index contributed by atoms with van der Waals surface area (Å²) in [6, 6.07) is 0. The van der Waals surface area contributed by atoms with E-state index < -0.39 is 0 Å². The van der Waals surface area contributed by atoms with E-state index in [4.69, 9.17) is 11.6 Å². The fraction of sp³-hybridized carbons (Fsp3) is 0.824. The lowest BCUT2D eigenvalue weighted by atomic mass is 9.66. The van der Waals surface area contributed by atoms with Gasteiger partial charge in [0.25, 0.3) is 0 Å². The van der Waals surface area contributed by atoms with E-state index in [1.807, 2.05) is 18.7 Å². The summed E-state index contributed by atoms with van der Waals surface area (Å²) in [5.41, 5.74) is 1.84. The maximum absolute atomic E-state index is 10.7. The highest BCUT2D eigenvalue weighted by molar-refractivity contribution is 6.31. The minimum atomic E-state index is -0.278. The molecule has 3 rings (SSSR count). The average Bonchev–Trinajstić information content (AvgIpc) is 2.73. The molecule has 2 saturated carbocycles. The van der Waals surface area contributed by atoms with E-state index in [9.17, 15) is 5.11 Å². The summed E-state index contributed by atoms with van der Waals surface area (Å²) in [6.45, 7) is 1.92. The van der Waals surface area contributed by atoms with Crippen LogP contribution >= 0.6 is 11.6 Å². The number of fused-ring (bicyclic) bond motifs is 1. The van der Waals surface area contributed by atoms with Crippen molar-refractivity contribution in [1.29, 1.82) is 0 Å². The van der Waals surface area contributed by atoms with Gasteiger partial charge in [0, 0.05) is 13.5 Å². The number of aliphatic hydroxyl groups is 1. The van der Waals surface area contributed by atoms with Crippen molar-refractivity contribution in [3.8, 4) is 0 Å². The van der Waals surface area contributed by atoms with Gasteiger partial charge in [-0.1, -0.05) is 37.3 Å². The SMILES string of the molecule is Cc1nn(C)c(CC(O)C2CCC3CCCCC3C2)c1Cl. The first-order valence-electron chi connectivity index (χ1n) is 8.42. The number of rotatable bonds is 3. The smallest absolute Gasteiger partial charge is 0.0847 e. The Morgan fingerprint density at radius 2 is 1.95 bits per heavy atom. The Kier molecular flexibility index (Phi) is 4.60. The summed E-state index contributed by atoms with van der Waals surface area (Å²) in [7, 11) is 1.92. The van der Waals surface area contributed by atoms with Gasteiger partial charge in [0.1, 0.15) is 0 Å². The van der Waals surface area contributed by atoms with Crippen LogP contribution in [0.1, 0.15) is 56.3 Å². The molecule has 2 fully saturated rings. The number of hydrogen-bond donors (Lipinski definition) is 1. The van der Waals surface area contributed by atoms with Crippen molar-refractivity contribution in [3.05, 3.63) is 16.4 Å². The molecule has 21 heavy (non-hydrogen) atoms. The summed E-state index contributed by atoms with van der Waals surface area (Å²) in [5.74, 6) is 2.23. The largest absolute Gasteiger partial charge is 0.392 e. The van der Waals surface area contributed by atoms with Crippen LogP contribution in [0.5, 0.6) is 0 Å². The maximum Gasteiger partial charge on any atom is 0.0847 e. The second kappa shape index (κ2) is 6.29. The summed E-state index contributed by atoms with van der Waals surface area (Å²) >= 11 is 6.31. The Bertz CT molecular complexity index is 499. The van der Waals surface area contributed by atoms with E-state index >= 15 is 0 Å². The second-order valence-corrected chi connectivity index (χ2v) is 7.50. The van der Waals surface area contributed by atoms with Crippen molar-refractivity contribution in [2.75, 3.05) is 0 Å². The molecule has 0 radical (unpaired) electrons. The van der Waals surface area contributed by atoms with Crippen molar-refractivity contribution in [2.45, 2.75) is 64.4 Å². The lowest BCUT2D eigenvalue weighted by molar-refractivity contribution is 0.0351. The molecule has 2 aliphatic carbocycles. The lowest BCUT2D eigenvalue weighted by Crippen LogP contribution is -2.34. The number of hydrogen-bond acceptors (Lipinski definition) is 2. The van der Waals surface area contributed by atoms with E-state index in [0.29, 0.717) is 12.3 Å². The van der Waals surface area contributed by atoms with Gasteiger partial charge in [-0.05, 0) is 43.9 Å². The molecule has 1 N–H and O–H groups in total. The minimum Gasteiger partial charge on any atom is -0.392 e. The van der Waals surface area contributed by atoms with Crippen molar-refractivity contribution in [2.24, 2.45) is 24.8 Å². The lowest BCUT2D eigenvalue weighted by Gasteiger charge is -2.40. The third-order valence-corrected chi connectivity index (χ3v) is 6.28. The molecule has 0 aliphatic heterocycles. The highest BCUT2D eigenvalue weighted by atomic mass is 35.5. The molecule has 4 unspecified atom stereocenters. The zero-order valence-electron chi connectivity index (χ0n) is 13.2. The van der Waals surface area contributed by atoms with Gasteiger partial charge >= 0.3 is 0 Å². The Hall–Kier alpha value is -0.540. The molecular weight excluding hydrogens is 284 g/mol. The molecule has 1 heterocycles. The highest BCUT2D eigenvalue weighted by Crippen LogP contribution is 2.44. The third kappa shape index (κ3) is 3.14. The third-order valence-electron chi connectivity index (χ3n) is 5.79. The zero-order chi connectivity index (χ0) is 15.0. The van der Waals surface area contributed by atoms with Crippen LogP contribution in [0.3, 0.4) is 0 Å². The van der Waals surface area contributed by atoms with Gasteiger partial charge < -0.3 is 5.11 Å². The number of aliphatic hydroxyl groups excluding tert-OH is 1. The molecule has 1 aromatic rings. The highest BCUT2D eigenvalue weighted by Gasteiger charge is 2.35. The molecule has 4 heteroatoms. The number of halogens is 1. The number of aromatic nitrogens is 2. The molecule has 0 amide bonds. The van der Waals surface area contributed by atoms with E-state index in [1.54, 1.807) is 0 Å². The second-order valence-electron chi connectivity index (χ2n) is 7.12. The van der Waals surface area contributed by atoms with Gasteiger partial charge in [-0.2, -0.15) is 5.10 Å². The molecule has 0 spiro atoms. The van der Waals surface area contributed by atoms with Gasteiger partial charge in [-0.15, -0.1) is 0 Å². The van der Waals surface area contributed by atoms with Crippen LogP contribution in [0.25, 0.3) is 0 Å². The Morgan fingerprint density at radius 3 is 2.62 bits per heavy atom. The van der Waals surface area contributed by atoms with Gasteiger partial charge in [0.2, 0.25) is 0 Å². The molecule has 1 aromatic heterocycles. The molecule has 0 bridgehead atoms. The molecule has 0 aromatic carbocycles. The van der Waals surface area contributed by atoms with Crippen molar-refractivity contribution in [3.63, 3.8) is 0 Å². The quantitative estimate of drug-likeness (QED) is 0.919. The molecular formula is C17H27ClN2O. The van der Waals surface area contributed by atoms with Gasteiger partial charge in [-0.3, -0.25) is 4.68 Å². The van der Waals surface area contributed by atoms with E-state index in [2.05, 4.69) is 5.10 Å². The topological polar surface area (TPSA) is 38.0 Å². The average molecular weight is 311 g/mol. The number of nitrogens with zero attached hydrogens (tertiary/aromatic N) is 2. The van der Waals surface area contributed by atoms with Crippen LogP contribution in [0.15, 0.2) is 0 Å². The summed E-state index contributed by atoms with van der Waals surface area (Å²) in [6.07, 6.45) is 9.65. The Morgan fingerprint density at radius 1 is 1.24 bits per heavy atom. The predicted octanol–water partition coefficient (Wildman–Crippen LogP) is 3.89. The Labute approximate surface area is 132 Å². The predicted molar refractivity (Wildman–Crippen MR) is 85.5 cm³/mol. The van der Waals surface area contributed by atoms with Gasteiger partial charge in [0.15, 0.2) is 0 Å². The normalized spacial score (nSPS) is 31.0. The van der Waals surface area contributed by atoms with Gasteiger partial charge in [0.05, 0.1) is 22.5 Å². The fourth-order valence-electron chi connectivity index (χ4n) is 4.53. The van der Waals surface area contributed by atoms with Crippen LogP contribution in [0, 0.1) is 24.7 Å². The van der Waals surface area contributed by atoms with Crippen LogP contribution in [0.4, 0.5) is 0 Å². The summed E-state index contributed by atoms with van der Waals surface area (Å²) < 4.78 is 1.83. The van der Waals surface area contributed by atoms with Crippen molar-refractivity contribution >= 4 is 11.6 Å². The minimum absolute atomic E-state index is 0.278. The monoisotopic (exact) mass is 310 g/mol. The maximum atomic E-state index is 10.7. The van der Waals surface area contributed by atoms with Crippen molar-refractivity contribution in [1.82, 2.24) is 9.78 Å².